The second-order valence-electron chi connectivity index (χ2n) is 7.59. The first-order valence-electron chi connectivity index (χ1n) is 9.84. The number of nitrogens with zero attached hydrogens (tertiary/aromatic N) is 1. The predicted octanol–water partition coefficient (Wildman–Crippen LogP) is 2.64. The topological polar surface area (TPSA) is 109 Å². The lowest BCUT2D eigenvalue weighted by atomic mass is 9.90. The number of aromatic amines is 1. The summed E-state index contributed by atoms with van der Waals surface area (Å²) in [4.78, 5) is 54.3. The quantitative estimate of drug-likeness (QED) is 0.457. The zero-order chi connectivity index (χ0) is 20.5. The summed E-state index contributed by atoms with van der Waals surface area (Å²) < 4.78 is 5.00. The van der Waals surface area contributed by atoms with Gasteiger partial charge in [0.15, 0.2) is 5.78 Å². The van der Waals surface area contributed by atoms with Gasteiger partial charge in [0.1, 0.15) is 11.2 Å². The lowest BCUT2D eigenvalue weighted by Gasteiger charge is -2.24. The van der Waals surface area contributed by atoms with Gasteiger partial charge in [-0.25, -0.2) is 9.59 Å². The molecule has 8 nitrogen and oxygen atoms in total. The fourth-order valence-electron chi connectivity index (χ4n) is 4.29. The SMILES string of the molecule is CCOC(=O)c1[nH]c(C)c(C(=O)CN2C(=O)NC3(CCCCCC3)C2=O)c1C. The molecule has 0 aromatic carbocycles. The van der Waals surface area contributed by atoms with Gasteiger partial charge < -0.3 is 15.0 Å². The van der Waals surface area contributed by atoms with Gasteiger partial charge in [0.2, 0.25) is 0 Å². The predicted molar refractivity (Wildman–Crippen MR) is 101 cm³/mol. The van der Waals surface area contributed by atoms with Gasteiger partial charge in [-0.2, -0.15) is 0 Å². The smallest absolute Gasteiger partial charge is 0.355 e. The number of hydrogen-bond donors (Lipinski definition) is 2. The molecule has 1 saturated carbocycles. The number of imide groups is 1. The first kappa shape index (κ1) is 20.1. The van der Waals surface area contributed by atoms with Gasteiger partial charge in [0, 0.05) is 11.3 Å². The third-order valence-electron chi connectivity index (χ3n) is 5.70. The van der Waals surface area contributed by atoms with Crippen molar-refractivity contribution in [2.75, 3.05) is 13.2 Å². The van der Waals surface area contributed by atoms with Gasteiger partial charge in [-0.15, -0.1) is 0 Å². The Morgan fingerprint density at radius 3 is 2.36 bits per heavy atom. The molecule has 1 spiro atoms. The minimum Gasteiger partial charge on any atom is -0.461 e. The summed E-state index contributed by atoms with van der Waals surface area (Å²) in [6.07, 6.45) is 5.07. The number of ether oxygens (including phenoxy) is 1. The number of urea groups is 1. The third kappa shape index (κ3) is 3.43. The Morgan fingerprint density at radius 2 is 1.75 bits per heavy atom. The molecule has 152 valence electrons. The number of hydrogen-bond acceptors (Lipinski definition) is 5. The highest BCUT2D eigenvalue weighted by Gasteiger charge is 2.51. The molecule has 3 rings (SSSR count). The monoisotopic (exact) mass is 389 g/mol. The van der Waals surface area contributed by atoms with E-state index in [2.05, 4.69) is 10.3 Å². The molecule has 2 N–H and O–H groups in total. The summed E-state index contributed by atoms with van der Waals surface area (Å²) in [7, 11) is 0. The van der Waals surface area contributed by atoms with Crippen molar-refractivity contribution in [1.82, 2.24) is 15.2 Å². The highest BCUT2D eigenvalue weighted by atomic mass is 16.5. The summed E-state index contributed by atoms with van der Waals surface area (Å²) in [6.45, 7) is 4.93. The van der Waals surface area contributed by atoms with Gasteiger partial charge >= 0.3 is 12.0 Å². The molecule has 1 aliphatic heterocycles. The number of amides is 3. The molecule has 3 amide bonds. The minimum atomic E-state index is -0.869. The number of rotatable bonds is 5. The zero-order valence-corrected chi connectivity index (χ0v) is 16.6. The average Bonchev–Trinajstić information content (AvgIpc) is 2.94. The minimum absolute atomic E-state index is 0.222. The Morgan fingerprint density at radius 1 is 1.11 bits per heavy atom. The molecular weight excluding hydrogens is 362 g/mol. The van der Waals surface area contributed by atoms with E-state index in [-0.39, 0.29) is 30.5 Å². The number of nitrogens with one attached hydrogen (secondary N) is 2. The first-order chi connectivity index (χ1) is 13.3. The molecule has 1 aromatic rings. The van der Waals surface area contributed by atoms with Crippen LogP contribution in [0.15, 0.2) is 0 Å². The van der Waals surface area contributed by atoms with Gasteiger partial charge in [-0.05, 0) is 39.2 Å². The van der Waals surface area contributed by atoms with Crippen molar-refractivity contribution >= 4 is 23.7 Å². The molecule has 2 aliphatic rings. The highest BCUT2D eigenvalue weighted by Crippen LogP contribution is 2.33. The van der Waals surface area contributed by atoms with E-state index in [0.29, 0.717) is 29.7 Å². The number of ketones is 1. The van der Waals surface area contributed by atoms with Crippen LogP contribution >= 0.6 is 0 Å². The Hall–Kier alpha value is -2.64. The molecule has 2 fully saturated rings. The van der Waals surface area contributed by atoms with Crippen LogP contribution in [0.3, 0.4) is 0 Å². The average molecular weight is 389 g/mol. The standard InChI is InChI=1S/C20H27N3O5/c1-4-28-17(25)16-12(2)15(13(3)21-16)14(24)11-23-18(26)20(22-19(23)27)9-7-5-6-8-10-20/h21H,4-11H2,1-3H3,(H,22,27). The van der Waals surface area contributed by atoms with Crippen LogP contribution < -0.4 is 5.32 Å². The van der Waals surface area contributed by atoms with Crippen molar-refractivity contribution in [3.05, 3.63) is 22.5 Å². The second kappa shape index (κ2) is 7.77. The Bertz CT molecular complexity index is 818. The normalized spacial score (nSPS) is 18.9. The van der Waals surface area contributed by atoms with Crippen LogP contribution in [0.5, 0.6) is 0 Å². The van der Waals surface area contributed by atoms with Crippen molar-refractivity contribution in [2.45, 2.75) is 64.8 Å². The lowest BCUT2D eigenvalue weighted by molar-refractivity contribution is -0.131. The van der Waals surface area contributed by atoms with Crippen molar-refractivity contribution in [2.24, 2.45) is 0 Å². The van der Waals surface area contributed by atoms with Gasteiger partial charge in [-0.1, -0.05) is 25.7 Å². The second-order valence-corrected chi connectivity index (χ2v) is 7.59. The number of esters is 1. The maximum atomic E-state index is 13.0. The molecule has 1 aliphatic carbocycles. The van der Waals surface area contributed by atoms with E-state index in [1.54, 1.807) is 20.8 Å². The third-order valence-corrected chi connectivity index (χ3v) is 5.70. The Balaban J connectivity index is 1.81. The molecule has 2 heterocycles. The van der Waals surface area contributed by atoms with Crippen LogP contribution in [0.2, 0.25) is 0 Å². The summed E-state index contributed by atoms with van der Waals surface area (Å²) in [5, 5.41) is 2.84. The van der Waals surface area contributed by atoms with E-state index < -0.39 is 17.5 Å². The summed E-state index contributed by atoms with van der Waals surface area (Å²) in [5.74, 6) is -1.23. The summed E-state index contributed by atoms with van der Waals surface area (Å²) in [6, 6.07) is -0.517. The van der Waals surface area contributed by atoms with Gasteiger partial charge in [0.05, 0.1) is 13.2 Å². The van der Waals surface area contributed by atoms with Crippen LogP contribution in [0, 0.1) is 13.8 Å². The molecule has 0 radical (unpaired) electrons. The fraction of sp³-hybridized carbons (Fsp3) is 0.600. The Labute approximate surface area is 164 Å². The molecule has 0 unspecified atom stereocenters. The summed E-state index contributed by atoms with van der Waals surface area (Å²) in [5.41, 5.74) is 0.663. The highest BCUT2D eigenvalue weighted by molar-refractivity contribution is 6.12. The number of H-pyrrole nitrogens is 1. The molecular formula is C20H27N3O5. The molecule has 0 atom stereocenters. The van der Waals surface area contributed by atoms with Gasteiger partial charge in [-0.3, -0.25) is 14.5 Å². The number of carbonyl (C=O) groups excluding carboxylic acids is 4. The van der Waals surface area contributed by atoms with E-state index >= 15 is 0 Å². The number of carbonyl (C=O) groups is 4. The molecule has 1 aromatic heterocycles. The van der Waals surface area contributed by atoms with Crippen LogP contribution in [0.1, 0.15) is 77.6 Å². The maximum absolute atomic E-state index is 13.0. The number of aromatic nitrogens is 1. The lowest BCUT2D eigenvalue weighted by Crippen LogP contribution is -2.46. The van der Waals surface area contributed by atoms with Crippen molar-refractivity contribution < 1.29 is 23.9 Å². The largest absolute Gasteiger partial charge is 0.461 e. The van der Waals surface area contributed by atoms with Crippen molar-refractivity contribution in [1.29, 1.82) is 0 Å². The Kier molecular flexibility index (Phi) is 5.58. The molecule has 1 saturated heterocycles. The number of aryl methyl sites for hydroxylation is 1. The van der Waals surface area contributed by atoms with E-state index in [9.17, 15) is 19.2 Å². The van der Waals surface area contributed by atoms with E-state index in [4.69, 9.17) is 4.74 Å². The van der Waals surface area contributed by atoms with E-state index in [0.717, 1.165) is 30.6 Å². The van der Waals surface area contributed by atoms with Crippen molar-refractivity contribution in [3.8, 4) is 0 Å². The van der Waals surface area contributed by atoms with Crippen LogP contribution in [0.25, 0.3) is 0 Å². The first-order valence-corrected chi connectivity index (χ1v) is 9.84. The van der Waals surface area contributed by atoms with E-state index in [1.165, 1.54) is 0 Å². The summed E-state index contributed by atoms with van der Waals surface area (Å²) >= 11 is 0. The van der Waals surface area contributed by atoms with Crippen LogP contribution in [-0.4, -0.2) is 52.3 Å². The fourth-order valence-corrected chi connectivity index (χ4v) is 4.29. The van der Waals surface area contributed by atoms with Crippen LogP contribution in [0.4, 0.5) is 4.79 Å². The van der Waals surface area contributed by atoms with Crippen LogP contribution in [-0.2, 0) is 9.53 Å². The zero-order valence-electron chi connectivity index (χ0n) is 16.6. The molecule has 0 bridgehead atoms. The van der Waals surface area contributed by atoms with Crippen molar-refractivity contribution in [3.63, 3.8) is 0 Å². The maximum Gasteiger partial charge on any atom is 0.355 e. The molecule has 28 heavy (non-hydrogen) atoms. The number of Topliss-reactive ketones (excluding diaryl/α,β-unsaturated/α-hetero) is 1. The van der Waals surface area contributed by atoms with E-state index in [1.807, 2.05) is 0 Å². The molecule has 8 heteroatoms. The van der Waals surface area contributed by atoms with Gasteiger partial charge in [0.25, 0.3) is 5.91 Å².